The second-order valence-corrected chi connectivity index (χ2v) is 4.07. The molecular weight excluding hydrogens is 196 g/mol. The van der Waals surface area contributed by atoms with Crippen molar-refractivity contribution in [1.82, 2.24) is 10.6 Å². The highest BCUT2D eigenvalue weighted by Crippen LogP contribution is 1.98. The molecule has 0 aliphatic rings. The van der Waals surface area contributed by atoms with E-state index in [2.05, 4.69) is 10.6 Å². The lowest BCUT2D eigenvalue weighted by atomic mass is 10.1. The monoisotopic (exact) mass is 218 g/mol. The minimum atomic E-state index is -0.805. The van der Waals surface area contributed by atoms with Crippen molar-refractivity contribution in [1.29, 1.82) is 0 Å². The van der Waals surface area contributed by atoms with Crippen LogP contribution in [0.25, 0.3) is 0 Å². The van der Waals surface area contributed by atoms with E-state index < -0.39 is 6.10 Å². The summed E-state index contributed by atoms with van der Waals surface area (Å²) in [7, 11) is 0. The Morgan fingerprint density at radius 2 is 1.93 bits per heavy atom. The first-order chi connectivity index (χ1) is 6.97. The first-order valence-corrected chi connectivity index (χ1v) is 5.26. The highest BCUT2D eigenvalue weighted by Gasteiger charge is 2.10. The second-order valence-electron chi connectivity index (χ2n) is 4.07. The van der Waals surface area contributed by atoms with Gasteiger partial charge < -0.3 is 20.8 Å². The van der Waals surface area contributed by atoms with Crippen LogP contribution in [0.4, 0.5) is 0 Å². The van der Waals surface area contributed by atoms with Gasteiger partial charge in [-0.25, -0.2) is 0 Å². The average molecular weight is 218 g/mol. The predicted octanol–water partition coefficient (Wildman–Crippen LogP) is -0.910. The number of rotatable bonds is 7. The van der Waals surface area contributed by atoms with Crippen molar-refractivity contribution in [2.75, 3.05) is 19.7 Å². The summed E-state index contributed by atoms with van der Waals surface area (Å²) in [4.78, 5) is 11.3. The van der Waals surface area contributed by atoms with Crippen molar-refractivity contribution in [3.8, 4) is 0 Å². The van der Waals surface area contributed by atoms with Crippen LogP contribution < -0.4 is 10.6 Å². The summed E-state index contributed by atoms with van der Waals surface area (Å²) in [5.41, 5.74) is 0. The Balaban J connectivity index is 3.58. The smallest absolute Gasteiger partial charge is 0.234 e. The van der Waals surface area contributed by atoms with Crippen LogP contribution in [0.2, 0.25) is 0 Å². The van der Waals surface area contributed by atoms with Gasteiger partial charge in [-0.2, -0.15) is 0 Å². The van der Waals surface area contributed by atoms with Gasteiger partial charge in [0.15, 0.2) is 0 Å². The number of carbonyl (C=O) groups excluding carboxylic acids is 1. The number of carbonyl (C=O) groups is 1. The lowest BCUT2D eigenvalue weighted by Gasteiger charge is -2.17. The standard InChI is InChI=1S/C10H22N2O3/c1-7(2)8(3)12-10(15)5-11-4-9(14)6-13/h7-9,11,13-14H,4-6H2,1-3H3,(H,12,15). The fourth-order valence-corrected chi connectivity index (χ4v) is 0.888. The molecule has 0 saturated heterocycles. The van der Waals surface area contributed by atoms with E-state index in [1.165, 1.54) is 0 Å². The molecule has 0 radical (unpaired) electrons. The summed E-state index contributed by atoms with van der Waals surface area (Å²) < 4.78 is 0. The minimum Gasteiger partial charge on any atom is -0.394 e. The zero-order valence-electron chi connectivity index (χ0n) is 9.66. The molecule has 0 heterocycles. The molecule has 0 aromatic heterocycles. The van der Waals surface area contributed by atoms with Crippen molar-refractivity contribution in [3.05, 3.63) is 0 Å². The lowest BCUT2D eigenvalue weighted by Crippen LogP contribution is -2.43. The molecular formula is C10H22N2O3. The van der Waals surface area contributed by atoms with E-state index in [1.807, 2.05) is 20.8 Å². The SMILES string of the molecule is CC(C)C(C)NC(=O)CNCC(O)CO. The maximum atomic E-state index is 11.3. The van der Waals surface area contributed by atoms with Crippen LogP contribution in [-0.2, 0) is 4.79 Å². The molecule has 5 nitrogen and oxygen atoms in total. The van der Waals surface area contributed by atoms with E-state index in [4.69, 9.17) is 10.2 Å². The molecule has 0 saturated carbocycles. The molecule has 0 rings (SSSR count). The Kier molecular flexibility index (Phi) is 7.29. The van der Waals surface area contributed by atoms with Gasteiger partial charge in [0, 0.05) is 12.6 Å². The molecule has 4 N–H and O–H groups in total. The summed E-state index contributed by atoms with van der Waals surface area (Å²) in [5.74, 6) is 0.304. The first kappa shape index (κ1) is 14.3. The van der Waals surface area contributed by atoms with Crippen molar-refractivity contribution in [2.45, 2.75) is 32.9 Å². The van der Waals surface area contributed by atoms with Gasteiger partial charge in [-0.3, -0.25) is 4.79 Å². The van der Waals surface area contributed by atoms with E-state index >= 15 is 0 Å². The lowest BCUT2D eigenvalue weighted by molar-refractivity contribution is -0.121. The quantitative estimate of drug-likeness (QED) is 0.446. The first-order valence-electron chi connectivity index (χ1n) is 5.26. The molecule has 5 heteroatoms. The van der Waals surface area contributed by atoms with Crippen LogP contribution in [0.1, 0.15) is 20.8 Å². The van der Waals surface area contributed by atoms with E-state index in [0.29, 0.717) is 5.92 Å². The minimum absolute atomic E-state index is 0.0960. The fraction of sp³-hybridized carbons (Fsp3) is 0.900. The third-order valence-corrected chi connectivity index (χ3v) is 2.26. The summed E-state index contributed by atoms with van der Waals surface area (Å²) >= 11 is 0. The maximum absolute atomic E-state index is 11.3. The van der Waals surface area contributed by atoms with Gasteiger partial charge in [0.2, 0.25) is 5.91 Å². The molecule has 0 aliphatic carbocycles. The van der Waals surface area contributed by atoms with E-state index in [1.54, 1.807) is 0 Å². The Morgan fingerprint density at radius 1 is 1.33 bits per heavy atom. The number of aliphatic hydroxyl groups is 2. The van der Waals surface area contributed by atoms with Gasteiger partial charge >= 0.3 is 0 Å². The number of aliphatic hydroxyl groups excluding tert-OH is 2. The summed E-state index contributed by atoms with van der Waals surface area (Å²) in [6, 6.07) is 0.141. The van der Waals surface area contributed by atoms with Gasteiger partial charge in [-0.15, -0.1) is 0 Å². The summed E-state index contributed by atoms with van der Waals surface area (Å²) in [6.07, 6.45) is -0.805. The van der Waals surface area contributed by atoms with Gasteiger partial charge in [0.25, 0.3) is 0 Å². The predicted molar refractivity (Wildman–Crippen MR) is 58.4 cm³/mol. The van der Waals surface area contributed by atoms with E-state index in [-0.39, 0.29) is 31.6 Å². The van der Waals surface area contributed by atoms with Crippen molar-refractivity contribution < 1.29 is 15.0 Å². The highest BCUT2D eigenvalue weighted by molar-refractivity contribution is 5.78. The Labute approximate surface area is 90.9 Å². The molecule has 15 heavy (non-hydrogen) atoms. The zero-order valence-corrected chi connectivity index (χ0v) is 9.66. The molecule has 2 unspecified atom stereocenters. The summed E-state index contributed by atoms with van der Waals surface area (Å²) in [5, 5.41) is 23.1. The fourth-order valence-electron chi connectivity index (χ4n) is 0.888. The van der Waals surface area contributed by atoms with E-state index in [9.17, 15) is 4.79 Å². The van der Waals surface area contributed by atoms with Crippen molar-refractivity contribution in [2.24, 2.45) is 5.92 Å². The molecule has 0 aromatic carbocycles. The summed E-state index contributed by atoms with van der Waals surface area (Å²) in [6.45, 7) is 6.11. The van der Waals surface area contributed by atoms with Crippen molar-refractivity contribution >= 4 is 5.91 Å². The third-order valence-electron chi connectivity index (χ3n) is 2.26. The molecule has 90 valence electrons. The molecule has 0 aromatic rings. The van der Waals surface area contributed by atoms with Crippen LogP contribution in [0.3, 0.4) is 0 Å². The third kappa shape index (κ3) is 7.30. The molecule has 0 bridgehead atoms. The van der Waals surface area contributed by atoms with Crippen LogP contribution in [0, 0.1) is 5.92 Å². The van der Waals surface area contributed by atoms with Crippen LogP contribution >= 0.6 is 0 Å². The van der Waals surface area contributed by atoms with Crippen LogP contribution in [-0.4, -0.2) is 48.0 Å². The van der Waals surface area contributed by atoms with Gasteiger partial charge in [-0.1, -0.05) is 13.8 Å². The molecule has 0 aliphatic heterocycles. The zero-order chi connectivity index (χ0) is 11.8. The van der Waals surface area contributed by atoms with Gasteiger partial charge in [0.1, 0.15) is 0 Å². The maximum Gasteiger partial charge on any atom is 0.234 e. The number of amides is 1. The largest absolute Gasteiger partial charge is 0.394 e. The van der Waals surface area contributed by atoms with Gasteiger partial charge in [0.05, 0.1) is 19.3 Å². The number of hydrogen-bond donors (Lipinski definition) is 4. The number of hydrogen-bond acceptors (Lipinski definition) is 4. The molecule has 0 spiro atoms. The number of nitrogens with one attached hydrogen (secondary N) is 2. The Morgan fingerprint density at radius 3 is 2.40 bits per heavy atom. The average Bonchev–Trinajstić information content (AvgIpc) is 2.17. The normalized spacial score (nSPS) is 15.1. The van der Waals surface area contributed by atoms with Crippen molar-refractivity contribution in [3.63, 3.8) is 0 Å². The Bertz CT molecular complexity index is 186. The molecule has 2 atom stereocenters. The Hall–Kier alpha value is -0.650. The topological polar surface area (TPSA) is 81.6 Å². The van der Waals surface area contributed by atoms with Gasteiger partial charge in [-0.05, 0) is 12.8 Å². The van der Waals surface area contributed by atoms with Crippen LogP contribution in [0.15, 0.2) is 0 Å². The molecule has 1 amide bonds. The highest BCUT2D eigenvalue weighted by atomic mass is 16.3. The molecule has 0 fully saturated rings. The second kappa shape index (κ2) is 7.62. The van der Waals surface area contributed by atoms with Crippen LogP contribution in [0.5, 0.6) is 0 Å². The van der Waals surface area contributed by atoms with E-state index in [0.717, 1.165) is 0 Å².